The summed E-state index contributed by atoms with van der Waals surface area (Å²) in [6.45, 7) is 0.985. The molecule has 11 nitrogen and oxygen atoms in total. The van der Waals surface area contributed by atoms with Gasteiger partial charge in [-0.25, -0.2) is 4.79 Å². The highest BCUT2D eigenvalue weighted by atomic mass is 16.8. The van der Waals surface area contributed by atoms with E-state index in [-0.39, 0.29) is 19.4 Å². The minimum Gasteiger partial charge on any atom is -0.461 e. The number of benzene rings is 1. The number of ether oxygens (including phenoxy) is 5. The Morgan fingerprint density at radius 1 is 1.12 bits per heavy atom. The molecule has 8 rings (SSSR count). The number of carbonyl (C=O) groups excluding carboxylic acids is 1. The van der Waals surface area contributed by atoms with E-state index in [0.717, 1.165) is 0 Å². The van der Waals surface area contributed by atoms with E-state index in [4.69, 9.17) is 23.7 Å². The van der Waals surface area contributed by atoms with Crippen molar-refractivity contribution in [2.24, 2.45) is 11.3 Å². The smallest absolute Gasteiger partial charge is 0.338 e. The van der Waals surface area contributed by atoms with Crippen LogP contribution in [0.3, 0.4) is 0 Å². The van der Waals surface area contributed by atoms with E-state index in [2.05, 4.69) is 0 Å². The van der Waals surface area contributed by atoms with Gasteiger partial charge in [0.2, 0.25) is 0 Å². The topological polar surface area (TPSA) is 164 Å². The first-order chi connectivity index (χ1) is 16.1. The minimum absolute atomic E-state index is 0.0902. The zero-order valence-corrected chi connectivity index (χ0v) is 18.4. The Morgan fingerprint density at radius 2 is 1.85 bits per heavy atom. The van der Waals surface area contributed by atoms with Crippen LogP contribution in [-0.2, 0) is 23.7 Å². The third-order valence-corrected chi connectivity index (χ3v) is 8.57. The van der Waals surface area contributed by atoms with Crippen LogP contribution in [0.4, 0.5) is 0 Å². The Hall–Kier alpha value is -1.67. The zero-order valence-electron chi connectivity index (χ0n) is 18.4. The van der Waals surface area contributed by atoms with Crippen LogP contribution in [0.15, 0.2) is 30.3 Å². The van der Waals surface area contributed by atoms with Crippen molar-refractivity contribution in [1.29, 1.82) is 0 Å². The highest BCUT2D eigenvalue weighted by molar-refractivity contribution is 5.89. The Labute approximate surface area is 194 Å². The van der Waals surface area contributed by atoms with Gasteiger partial charge >= 0.3 is 5.97 Å². The molecule has 4 heterocycles. The number of rotatable bonds is 6. The van der Waals surface area contributed by atoms with Crippen LogP contribution >= 0.6 is 0 Å². The summed E-state index contributed by atoms with van der Waals surface area (Å²) in [5.41, 5.74) is -2.99. The summed E-state index contributed by atoms with van der Waals surface area (Å²) in [5, 5.41) is 51.7. The van der Waals surface area contributed by atoms with E-state index >= 15 is 0 Å². The summed E-state index contributed by atoms with van der Waals surface area (Å²) in [4.78, 5) is 12.7. The molecule has 7 fully saturated rings. The lowest BCUT2D eigenvalue weighted by Crippen LogP contribution is -2.80. The molecule has 1 aromatic rings. The first-order valence-electron chi connectivity index (χ1n) is 11.4. The van der Waals surface area contributed by atoms with Gasteiger partial charge in [-0.1, -0.05) is 18.2 Å². The van der Waals surface area contributed by atoms with Crippen molar-refractivity contribution in [1.82, 2.24) is 0 Å². The molecule has 11 atom stereocenters. The van der Waals surface area contributed by atoms with Crippen LogP contribution in [0.25, 0.3) is 0 Å². The summed E-state index contributed by atoms with van der Waals surface area (Å²) in [5.74, 6) is -2.49. The van der Waals surface area contributed by atoms with Crippen molar-refractivity contribution in [2.45, 2.75) is 73.8 Å². The molecular formula is C23H28O11. The Balaban J connectivity index is 1.32. The Kier molecular flexibility index (Phi) is 4.81. The van der Waals surface area contributed by atoms with E-state index in [1.807, 2.05) is 0 Å². The highest BCUT2D eigenvalue weighted by Crippen LogP contribution is 2.81. The number of aliphatic hydroxyl groups excluding tert-OH is 4. The molecule has 7 aliphatic rings. The fraction of sp³-hybridized carbons (Fsp3) is 0.696. The normalized spacial score (nSPS) is 52.5. The van der Waals surface area contributed by atoms with Gasteiger partial charge in [0.25, 0.3) is 0 Å². The largest absolute Gasteiger partial charge is 0.461 e. The molecule has 0 unspecified atom stereocenters. The Bertz CT molecular complexity index is 988. The van der Waals surface area contributed by atoms with Crippen molar-refractivity contribution in [3.05, 3.63) is 35.9 Å². The fourth-order valence-electron chi connectivity index (χ4n) is 6.87. The average Bonchev–Trinajstić information content (AvgIpc) is 3.00. The Morgan fingerprint density at radius 3 is 2.56 bits per heavy atom. The molecule has 11 heteroatoms. The van der Waals surface area contributed by atoms with Gasteiger partial charge in [-0.15, -0.1) is 0 Å². The minimum atomic E-state index is -1.61. The summed E-state index contributed by atoms with van der Waals surface area (Å²) in [7, 11) is 0. The quantitative estimate of drug-likeness (QED) is 0.306. The summed E-state index contributed by atoms with van der Waals surface area (Å²) >= 11 is 0. The molecule has 4 aliphatic heterocycles. The highest BCUT2D eigenvalue weighted by Gasteiger charge is 2.94. The predicted molar refractivity (Wildman–Crippen MR) is 109 cm³/mol. The van der Waals surface area contributed by atoms with E-state index in [0.29, 0.717) is 5.56 Å². The van der Waals surface area contributed by atoms with Gasteiger partial charge in [-0.05, 0) is 25.5 Å². The molecule has 4 saturated heterocycles. The second-order valence-corrected chi connectivity index (χ2v) is 10.2. The summed E-state index contributed by atoms with van der Waals surface area (Å²) in [6, 6.07) is 8.47. The van der Waals surface area contributed by atoms with Crippen LogP contribution < -0.4 is 0 Å². The molecule has 0 amide bonds. The van der Waals surface area contributed by atoms with Crippen LogP contribution in [0.1, 0.15) is 30.1 Å². The van der Waals surface area contributed by atoms with E-state index < -0.39 is 77.9 Å². The number of esters is 1. The fourth-order valence-corrected chi connectivity index (χ4v) is 6.87. The SMILES string of the molecule is C[C@@]12C[C@@]3(O)O[C@@H](O1)[C@]1(COC(=O)c4ccccc4)[C@@H]3C[C@@]12O[C@@H]1O[C@H](CO)[C@@H](O)[C@H](O)[C@@H]1O. The number of hydrogen-bond acceptors (Lipinski definition) is 11. The van der Waals surface area contributed by atoms with Crippen molar-refractivity contribution < 1.29 is 54.0 Å². The molecule has 0 radical (unpaired) electrons. The maximum Gasteiger partial charge on any atom is 0.338 e. The predicted octanol–water partition coefficient (Wildman–Crippen LogP) is -1.36. The van der Waals surface area contributed by atoms with Crippen LogP contribution in [0, 0.1) is 11.3 Å². The van der Waals surface area contributed by atoms with Gasteiger partial charge in [0, 0.05) is 12.3 Å². The van der Waals surface area contributed by atoms with E-state index in [9.17, 15) is 30.3 Å². The zero-order chi connectivity index (χ0) is 24.1. The number of hydrogen-bond donors (Lipinski definition) is 5. The lowest BCUT2D eigenvalue weighted by molar-refractivity contribution is -0.424. The maximum absolute atomic E-state index is 12.7. The first kappa shape index (κ1) is 22.8. The van der Waals surface area contributed by atoms with Crippen molar-refractivity contribution in [2.75, 3.05) is 13.2 Å². The van der Waals surface area contributed by atoms with Crippen LogP contribution in [-0.4, -0.2) is 98.7 Å². The summed E-state index contributed by atoms with van der Waals surface area (Å²) in [6.07, 6.45) is -7.87. The lowest BCUT2D eigenvalue weighted by Gasteiger charge is -2.67. The average molecular weight is 480 g/mol. The molecule has 3 aliphatic carbocycles. The maximum atomic E-state index is 12.7. The van der Waals surface area contributed by atoms with Crippen molar-refractivity contribution in [3.8, 4) is 0 Å². The summed E-state index contributed by atoms with van der Waals surface area (Å²) < 4.78 is 29.7. The van der Waals surface area contributed by atoms with Crippen molar-refractivity contribution in [3.63, 3.8) is 0 Å². The standard InChI is InChI=1S/C23H28O11/c1-20-9-22(29)13-7-23(20,32-18-16(27)15(26)14(25)12(8-24)31-18)21(13,19(33-20)34-22)10-30-17(28)11-5-3-2-4-6-11/h2-6,12-16,18-19,24-27,29H,7-10H2,1H3/t12-,13+,14-,15+,16+,18+,19-,20+,21+,22-,23+/m1/s1. The third-order valence-electron chi connectivity index (χ3n) is 8.57. The van der Waals surface area contributed by atoms with E-state index in [1.165, 1.54) is 0 Å². The van der Waals surface area contributed by atoms with Gasteiger partial charge in [0.1, 0.15) is 42.2 Å². The van der Waals surface area contributed by atoms with Gasteiger partial charge in [0.15, 0.2) is 18.4 Å². The number of aliphatic hydroxyl groups is 5. The van der Waals surface area contributed by atoms with Gasteiger partial charge < -0.3 is 49.2 Å². The monoisotopic (exact) mass is 480 g/mol. The molecule has 5 N–H and O–H groups in total. The van der Waals surface area contributed by atoms with Crippen LogP contribution in [0.5, 0.6) is 0 Å². The van der Waals surface area contributed by atoms with Crippen LogP contribution in [0.2, 0.25) is 0 Å². The van der Waals surface area contributed by atoms with Crippen molar-refractivity contribution >= 4 is 5.97 Å². The molecule has 1 aromatic carbocycles. The molecule has 0 spiro atoms. The van der Waals surface area contributed by atoms with Gasteiger partial charge in [0.05, 0.1) is 17.6 Å². The third kappa shape index (κ3) is 2.59. The van der Waals surface area contributed by atoms with Gasteiger partial charge in [-0.3, -0.25) is 0 Å². The van der Waals surface area contributed by atoms with E-state index in [1.54, 1.807) is 37.3 Å². The molecule has 34 heavy (non-hydrogen) atoms. The molecule has 6 bridgehead atoms. The first-order valence-corrected chi connectivity index (χ1v) is 11.4. The number of carbonyl (C=O) groups is 1. The molecular weight excluding hydrogens is 452 g/mol. The second-order valence-electron chi connectivity index (χ2n) is 10.2. The molecule has 186 valence electrons. The lowest BCUT2D eigenvalue weighted by atomic mass is 9.41. The molecule has 3 saturated carbocycles. The molecule has 0 aromatic heterocycles. The van der Waals surface area contributed by atoms with Gasteiger partial charge in [-0.2, -0.15) is 0 Å². The second kappa shape index (κ2) is 7.19.